The van der Waals surface area contributed by atoms with Crippen molar-refractivity contribution < 1.29 is 23.0 Å². The van der Waals surface area contributed by atoms with Crippen molar-refractivity contribution in [1.29, 1.82) is 0 Å². The van der Waals surface area contributed by atoms with Crippen LogP contribution in [0.3, 0.4) is 0 Å². The van der Waals surface area contributed by atoms with Gasteiger partial charge in [0.15, 0.2) is 0 Å². The summed E-state index contributed by atoms with van der Waals surface area (Å²) < 4.78 is 45.0. The molecule has 3 nitrogen and oxygen atoms in total. The minimum atomic E-state index is -4.36. The van der Waals surface area contributed by atoms with Gasteiger partial charge in [0, 0.05) is 12.1 Å². The highest BCUT2D eigenvalue weighted by molar-refractivity contribution is 5.52. The van der Waals surface area contributed by atoms with Crippen LogP contribution in [0.2, 0.25) is 0 Å². The maximum atomic E-state index is 12.9. The lowest BCUT2D eigenvalue weighted by Crippen LogP contribution is -2.44. The van der Waals surface area contributed by atoms with Crippen molar-refractivity contribution in [2.75, 3.05) is 4.90 Å². The summed E-state index contributed by atoms with van der Waals surface area (Å²) in [5, 5.41) is 9.64. The van der Waals surface area contributed by atoms with Crippen molar-refractivity contribution in [2.24, 2.45) is 0 Å². The number of halogens is 3. The van der Waals surface area contributed by atoms with E-state index in [1.807, 2.05) is 49.4 Å². The Morgan fingerprint density at radius 1 is 0.867 bits per heavy atom. The van der Waals surface area contributed by atoms with Crippen LogP contribution in [-0.4, -0.2) is 11.3 Å². The van der Waals surface area contributed by atoms with Gasteiger partial charge in [0.2, 0.25) is 0 Å². The summed E-state index contributed by atoms with van der Waals surface area (Å²) in [5.74, 6) is 0.184. The molecule has 1 aliphatic heterocycles. The fraction of sp³-hybridized carbons (Fsp3) is 0.250. The zero-order valence-electron chi connectivity index (χ0n) is 16.4. The summed E-state index contributed by atoms with van der Waals surface area (Å²) in [6.07, 6.45) is -4.43. The third-order valence-corrected chi connectivity index (χ3v) is 5.47. The molecular formula is C24H22F3NO2. The minimum absolute atomic E-state index is 0.0354. The van der Waals surface area contributed by atoms with Crippen molar-refractivity contribution in [2.45, 2.75) is 37.9 Å². The van der Waals surface area contributed by atoms with Crippen LogP contribution < -0.4 is 4.90 Å². The van der Waals surface area contributed by atoms with E-state index in [0.717, 1.165) is 28.9 Å². The number of anilines is 1. The van der Waals surface area contributed by atoms with E-state index in [-0.39, 0.29) is 24.1 Å². The topological polar surface area (TPSA) is 32.7 Å². The predicted molar refractivity (Wildman–Crippen MR) is 109 cm³/mol. The molecule has 0 aliphatic carbocycles. The van der Waals surface area contributed by atoms with Gasteiger partial charge in [-0.3, -0.25) is 0 Å². The smallest absolute Gasteiger partial charge is 0.416 e. The number of benzene rings is 3. The number of phenolic OH excluding ortho intramolecular Hbond substituents is 1. The Morgan fingerprint density at radius 3 is 2.10 bits per heavy atom. The van der Waals surface area contributed by atoms with E-state index in [4.69, 9.17) is 4.74 Å². The molecule has 0 bridgehead atoms. The number of alkyl halides is 3. The largest absolute Gasteiger partial charge is 0.508 e. The van der Waals surface area contributed by atoms with E-state index in [2.05, 4.69) is 4.90 Å². The average molecular weight is 413 g/mol. The van der Waals surface area contributed by atoms with Crippen molar-refractivity contribution >= 4 is 5.69 Å². The molecule has 3 unspecified atom stereocenters. The quantitative estimate of drug-likeness (QED) is 0.534. The molecule has 0 amide bonds. The molecule has 3 atom stereocenters. The zero-order chi connectivity index (χ0) is 21.3. The third kappa shape index (κ3) is 4.14. The Hall–Kier alpha value is -2.99. The van der Waals surface area contributed by atoms with Crippen molar-refractivity contribution in [1.82, 2.24) is 0 Å². The Kier molecular flexibility index (Phi) is 5.43. The van der Waals surface area contributed by atoms with E-state index >= 15 is 0 Å². The summed E-state index contributed by atoms with van der Waals surface area (Å²) in [6.45, 7) is 1.93. The normalized spacial score (nSPS) is 22.1. The molecule has 0 radical (unpaired) electrons. The number of nitrogens with zero attached hydrogens (tertiary/aromatic N) is 1. The summed E-state index contributed by atoms with van der Waals surface area (Å²) >= 11 is 0. The highest BCUT2D eigenvalue weighted by Crippen LogP contribution is 2.43. The van der Waals surface area contributed by atoms with Gasteiger partial charge in [-0.15, -0.1) is 0 Å². The van der Waals surface area contributed by atoms with Gasteiger partial charge in [0.05, 0.1) is 17.7 Å². The summed E-state index contributed by atoms with van der Waals surface area (Å²) in [6, 6.07) is 22.1. The molecular weight excluding hydrogens is 391 g/mol. The maximum absolute atomic E-state index is 12.9. The van der Waals surface area contributed by atoms with Crippen molar-refractivity contribution in [3.05, 3.63) is 95.6 Å². The molecule has 0 aromatic heterocycles. The van der Waals surface area contributed by atoms with Gasteiger partial charge in [-0.2, -0.15) is 13.2 Å². The van der Waals surface area contributed by atoms with Crippen LogP contribution in [0, 0.1) is 0 Å². The molecule has 4 rings (SSSR count). The lowest BCUT2D eigenvalue weighted by Gasteiger charge is -2.46. The van der Waals surface area contributed by atoms with Crippen LogP contribution in [0.5, 0.6) is 5.75 Å². The van der Waals surface area contributed by atoms with E-state index in [9.17, 15) is 18.3 Å². The van der Waals surface area contributed by atoms with E-state index in [1.165, 1.54) is 12.1 Å². The first-order chi connectivity index (χ1) is 14.3. The maximum Gasteiger partial charge on any atom is 0.416 e. The monoisotopic (exact) mass is 413 g/mol. The first kappa shape index (κ1) is 20.3. The number of phenols is 1. The lowest BCUT2D eigenvalue weighted by molar-refractivity contribution is -0.137. The van der Waals surface area contributed by atoms with Crippen LogP contribution in [0.1, 0.15) is 42.2 Å². The molecule has 0 saturated carbocycles. The van der Waals surface area contributed by atoms with Gasteiger partial charge in [-0.05, 0) is 54.4 Å². The summed E-state index contributed by atoms with van der Waals surface area (Å²) in [7, 11) is 0. The first-order valence-electron chi connectivity index (χ1n) is 9.78. The van der Waals surface area contributed by atoms with Gasteiger partial charge in [0.1, 0.15) is 12.0 Å². The number of rotatable bonds is 3. The molecule has 3 aromatic carbocycles. The number of aromatic hydroxyl groups is 1. The first-order valence-corrected chi connectivity index (χ1v) is 9.78. The SMILES string of the molecule is CC1OC(c2ccc(C(F)(F)F)cc2)CC(c2ccccc2)N1c1ccc(O)cc1. The summed E-state index contributed by atoms with van der Waals surface area (Å²) in [5.41, 5.74) is 2.05. The van der Waals surface area contributed by atoms with Crippen LogP contribution in [-0.2, 0) is 10.9 Å². The second-order valence-electron chi connectivity index (χ2n) is 7.43. The molecule has 1 heterocycles. The fourth-order valence-corrected chi connectivity index (χ4v) is 4.02. The van der Waals surface area contributed by atoms with E-state index in [1.54, 1.807) is 12.1 Å². The van der Waals surface area contributed by atoms with E-state index in [0.29, 0.717) is 6.42 Å². The Morgan fingerprint density at radius 2 is 1.50 bits per heavy atom. The molecule has 30 heavy (non-hydrogen) atoms. The van der Waals surface area contributed by atoms with E-state index < -0.39 is 11.7 Å². The van der Waals surface area contributed by atoms with Crippen molar-refractivity contribution in [3.8, 4) is 5.75 Å². The number of hydrogen-bond acceptors (Lipinski definition) is 3. The van der Waals surface area contributed by atoms with Gasteiger partial charge < -0.3 is 14.7 Å². The zero-order valence-corrected chi connectivity index (χ0v) is 16.4. The Balaban J connectivity index is 1.67. The molecule has 1 aliphatic rings. The molecule has 1 N–H and O–H groups in total. The van der Waals surface area contributed by atoms with Gasteiger partial charge in [0.25, 0.3) is 0 Å². The Labute approximate surface area is 173 Å². The molecule has 1 saturated heterocycles. The van der Waals surface area contributed by atoms with Crippen LogP contribution in [0.15, 0.2) is 78.9 Å². The Bertz CT molecular complexity index is 972. The second kappa shape index (κ2) is 8.03. The average Bonchev–Trinajstić information content (AvgIpc) is 2.74. The highest BCUT2D eigenvalue weighted by Gasteiger charge is 2.36. The molecule has 6 heteroatoms. The van der Waals surface area contributed by atoms with Gasteiger partial charge in [-0.25, -0.2) is 0 Å². The molecule has 1 fully saturated rings. The summed E-state index contributed by atoms with van der Waals surface area (Å²) in [4.78, 5) is 2.13. The predicted octanol–water partition coefficient (Wildman–Crippen LogP) is 6.47. The van der Waals surface area contributed by atoms with Gasteiger partial charge >= 0.3 is 6.18 Å². The second-order valence-corrected chi connectivity index (χ2v) is 7.43. The number of hydrogen-bond donors (Lipinski definition) is 1. The minimum Gasteiger partial charge on any atom is -0.508 e. The number of ether oxygens (including phenoxy) is 1. The lowest BCUT2D eigenvalue weighted by atomic mass is 9.92. The standard InChI is InChI=1S/C24H22F3NO2/c1-16-28(20-11-13-21(29)14-12-20)22(17-5-3-2-4-6-17)15-23(30-16)18-7-9-19(10-8-18)24(25,26)27/h2-14,16,22-23,29H,15H2,1H3. The van der Waals surface area contributed by atoms with Crippen LogP contribution in [0.4, 0.5) is 18.9 Å². The highest BCUT2D eigenvalue weighted by atomic mass is 19.4. The van der Waals surface area contributed by atoms with Crippen LogP contribution >= 0.6 is 0 Å². The third-order valence-electron chi connectivity index (χ3n) is 5.47. The van der Waals surface area contributed by atoms with Gasteiger partial charge in [-0.1, -0.05) is 42.5 Å². The molecule has 0 spiro atoms. The van der Waals surface area contributed by atoms with Crippen LogP contribution in [0.25, 0.3) is 0 Å². The van der Waals surface area contributed by atoms with Crippen molar-refractivity contribution in [3.63, 3.8) is 0 Å². The fourth-order valence-electron chi connectivity index (χ4n) is 4.02. The molecule has 3 aromatic rings. The molecule has 156 valence electrons.